The van der Waals surface area contributed by atoms with Gasteiger partial charge in [0, 0.05) is 18.6 Å². The van der Waals surface area contributed by atoms with Crippen LogP contribution in [0.3, 0.4) is 0 Å². The van der Waals surface area contributed by atoms with Crippen molar-refractivity contribution in [2.45, 2.75) is 57.4 Å². The fourth-order valence-corrected chi connectivity index (χ4v) is 2.72. The molecule has 2 aliphatic rings. The third-order valence-corrected chi connectivity index (χ3v) is 4.49. The average molecular weight is 196 g/mol. The van der Waals surface area contributed by atoms with Crippen molar-refractivity contribution in [3.8, 4) is 0 Å². The van der Waals surface area contributed by atoms with Crippen LogP contribution >= 0.6 is 0 Å². The van der Waals surface area contributed by atoms with E-state index < -0.39 is 0 Å². The van der Waals surface area contributed by atoms with Gasteiger partial charge in [-0.2, -0.15) is 0 Å². The molecule has 0 spiro atoms. The lowest BCUT2D eigenvalue weighted by Crippen LogP contribution is -2.55. The molecule has 0 heterocycles. The van der Waals surface area contributed by atoms with Gasteiger partial charge in [0.15, 0.2) is 0 Å². The molecule has 2 rings (SSSR count). The molecule has 0 saturated heterocycles. The molecule has 0 aromatic carbocycles. The molecule has 14 heavy (non-hydrogen) atoms. The average Bonchev–Trinajstić information content (AvgIpc) is 2.07. The van der Waals surface area contributed by atoms with Gasteiger partial charge < -0.3 is 11.1 Å². The van der Waals surface area contributed by atoms with Gasteiger partial charge in [0.2, 0.25) is 0 Å². The highest BCUT2D eigenvalue weighted by Crippen LogP contribution is 2.43. The molecule has 0 aromatic heterocycles. The molecule has 0 bridgehead atoms. The predicted octanol–water partition coefficient (Wildman–Crippen LogP) is 2.04. The highest BCUT2D eigenvalue weighted by Gasteiger charge is 2.36. The van der Waals surface area contributed by atoms with Gasteiger partial charge in [-0.25, -0.2) is 0 Å². The number of rotatable bonds is 5. The molecule has 0 unspecified atom stereocenters. The lowest BCUT2D eigenvalue weighted by molar-refractivity contribution is 0.116. The van der Waals surface area contributed by atoms with Crippen molar-refractivity contribution in [1.82, 2.24) is 5.32 Å². The van der Waals surface area contributed by atoms with Gasteiger partial charge in [-0.15, -0.1) is 0 Å². The first-order chi connectivity index (χ1) is 6.68. The first-order valence-electron chi connectivity index (χ1n) is 6.18. The van der Waals surface area contributed by atoms with Crippen molar-refractivity contribution in [1.29, 1.82) is 0 Å². The van der Waals surface area contributed by atoms with Crippen LogP contribution in [0.5, 0.6) is 0 Å². The predicted molar refractivity (Wildman–Crippen MR) is 60.2 cm³/mol. The van der Waals surface area contributed by atoms with E-state index in [1.807, 2.05) is 0 Å². The summed E-state index contributed by atoms with van der Waals surface area (Å²) < 4.78 is 0. The lowest BCUT2D eigenvalue weighted by Gasteiger charge is -2.44. The Morgan fingerprint density at radius 1 is 1.07 bits per heavy atom. The van der Waals surface area contributed by atoms with Crippen LogP contribution in [0.25, 0.3) is 0 Å². The van der Waals surface area contributed by atoms with Crippen molar-refractivity contribution in [2.24, 2.45) is 11.1 Å². The Morgan fingerprint density at radius 2 is 1.71 bits per heavy atom. The standard InChI is InChI=1S/C12H24N2/c1-2-11(5-3-6-11)9-14-10-12(13)7-4-8-12/h14H,2-10,13H2,1H3. The molecule has 82 valence electrons. The van der Waals surface area contributed by atoms with Crippen LogP contribution in [0.4, 0.5) is 0 Å². The maximum atomic E-state index is 6.17. The van der Waals surface area contributed by atoms with E-state index in [4.69, 9.17) is 5.73 Å². The molecule has 2 aliphatic carbocycles. The Kier molecular flexibility index (Phi) is 2.85. The van der Waals surface area contributed by atoms with Crippen molar-refractivity contribution in [3.63, 3.8) is 0 Å². The molecule has 2 saturated carbocycles. The van der Waals surface area contributed by atoms with Crippen molar-refractivity contribution < 1.29 is 0 Å². The van der Waals surface area contributed by atoms with Gasteiger partial charge in [-0.3, -0.25) is 0 Å². The minimum atomic E-state index is 0.151. The second kappa shape index (κ2) is 3.82. The fourth-order valence-electron chi connectivity index (χ4n) is 2.72. The minimum absolute atomic E-state index is 0.151. The molecule has 0 radical (unpaired) electrons. The van der Waals surface area contributed by atoms with E-state index in [-0.39, 0.29) is 5.54 Å². The summed E-state index contributed by atoms with van der Waals surface area (Å²) in [7, 11) is 0. The second-order valence-corrected chi connectivity index (χ2v) is 5.53. The number of nitrogens with two attached hydrogens (primary N) is 1. The first kappa shape index (κ1) is 10.4. The Bertz CT molecular complexity index is 187. The van der Waals surface area contributed by atoms with E-state index in [1.165, 1.54) is 51.5 Å². The van der Waals surface area contributed by atoms with Crippen LogP contribution in [-0.2, 0) is 0 Å². The number of hydrogen-bond donors (Lipinski definition) is 2. The molecule has 2 nitrogen and oxygen atoms in total. The van der Waals surface area contributed by atoms with E-state index >= 15 is 0 Å². The summed E-state index contributed by atoms with van der Waals surface area (Å²) in [5.74, 6) is 0. The summed E-state index contributed by atoms with van der Waals surface area (Å²) in [6, 6.07) is 0. The first-order valence-corrected chi connectivity index (χ1v) is 6.18. The van der Waals surface area contributed by atoms with E-state index in [0.717, 1.165) is 6.54 Å². The molecular formula is C12H24N2. The maximum absolute atomic E-state index is 6.17. The molecular weight excluding hydrogens is 172 g/mol. The molecule has 0 atom stereocenters. The monoisotopic (exact) mass is 196 g/mol. The highest BCUT2D eigenvalue weighted by atomic mass is 15.0. The quantitative estimate of drug-likeness (QED) is 0.706. The molecule has 2 heteroatoms. The Balaban J connectivity index is 1.66. The molecule has 3 N–H and O–H groups in total. The molecule has 0 aromatic rings. The summed E-state index contributed by atoms with van der Waals surface area (Å²) >= 11 is 0. The zero-order valence-electron chi connectivity index (χ0n) is 9.44. The van der Waals surface area contributed by atoms with Crippen LogP contribution < -0.4 is 11.1 Å². The smallest absolute Gasteiger partial charge is 0.0280 e. The summed E-state index contributed by atoms with van der Waals surface area (Å²) in [6.07, 6.45) is 9.39. The largest absolute Gasteiger partial charge is 0.324 e. The maximum Gasteiger partial charge on any atom is 0.0280 e. The normalized spacial score (nSPS) is 27.9. The molecule has 0 aliphatic heterocycles. The summed E-state index contributed by atoms with van der Waals surface area (Å²) in [5, 5.41) is 3.60. The third-order valence-electron chi connectivity index (χ3n) is 4.49. The highest BCUT2D eigenvalue weighted by molar-refractivity contribution is 4.96. The second-order valence-electron chi connectivity index (χ2n) is 5.53. The summed E-state index contributed by atoms with van der Waals surface area (Å²) in [5.41, 5.74) is 6.96. The van der Waals surface area contributed by atoms with Gasteiger partial charge in [-0.1, -0.05) is 13.3 Å². The minimum Gasteiger partial charge on any atom is -0.324 e. The summed E-state index contributed by atoms with van der Waals surface area (Å²) in [6.45, 7) is 4.56. The Morgan fingerprint density at radius 3 is 2.07 bits per heavy atom. The number of nitrogens with one attached hydrogen (secondary N) is 1. The van der Waals surface area contributed by atoms with Gasteiger partial charge in [0.25, 0.3) is 0 Å². The zero-order chi connectivity index (χ0) is 10.1. The Labute approximate surface area is 87.6 Å². The van der Waals surface area contributed by atoms with Gasteiger partial charge in [-0.05, 0) is 43.9 Å². The van der Waals surface area contributed by atoms with Gasteiger partial charge >= 0.3 is 0 Å². The molecule has 2 fully saturated rings. The van der Waals surface area contributed by atoms with E-state index in [9.17, 15) is 0 Å². The van der Waals surface area contributed by atoms with Crippen LogP contribution in [0, 0.1) is 5.41 Å². The van der Waals surface area contributed by atoms with Crippen LogP contribution in [0.1, 0.15) is 51.9 Å². The summed E-state index contributed by atoms with van der Waals surface area (Å²) in [4.78, 5) is 0. The third kappa shape index (κ3) is 1.96. The van der Waals surface area contributed by atoms with Crippen molar-refractivity contribution >= 4 is 0 Å². The van der Waals surface area contributed by atoms with Crippen molar-refractivity contribution in [3.05, 3.63) is 0 Å². The van der Waals surface area contributed by atoms with Crippen molar-refractivity contribution in [2.75, 3.05) is 13.1 Å². The van der Waals surface area contributed by atoms with E-state index in [0.29, 0.717) is 5.41 Å². The van der Waals surface area contributed by atoms with Crippen LogP contribution in [0.2, 0.25) is 0 Å². The SMILES string of the molecule is CCC1(CNCC2(N)CCC2)CCC1. The zero-order valence-corrected chi connectivity index (χ0v) is 9.44. The fraction of sp³-hybridized carbons (Fsp3) is 1.00. The van der Waals surface area contributed by atoms with Crippen LogP contribution in [-0.4, -0.2) is 18.6 Å². The number of hydrogen-bond acceptors (Lipinski definition) is 2. The Hall–Kier alpha value is -0.0800. The molecule has 0 amide bonds. The lowest BCUT2D eigenvalue weighted by atomic mass is 9.67. The van der Waals surface area contributed by atoms with Gasteiger partial charge in [0.1, 0.15) is 0 Å². The van der Waals surface area contributed by atoms with E-state index in [2.05, 4.69) is 12.2 Å². The van der Waals surface area contributed by atoms with Gasteiger partial charge in [0.05, 0.1) is 0 Å². The van der Waals surface area contributed by atoms with E-state index in [1.54, 1.807) is 0 Å². The topological polar surface area (TPSA) is 38.0 Å². The van der Waals surface area contributed by atoms with Crippen LogP contribution in [0.15, 0.2) is 0 Å².